The van der Waals surface area contributed by atoms with Gasteiger partial charge in [0, 0.05) is 17.0 Å². The fourth-order valence-corrected chi connectivity index (χ4v) is 3.45. The van der Waals surface area contributed by atoms with E-state index in [0.717, 1.165) is 21.6 Å². The van der Waals surface area contributed by atoms with Gasteiger partial charge in [-0.3, -0.25) is 4.79 Å². The Hall–Kier alpha value is -2.21. The van der Waals surface area contributed by atoms with Crippen molar-refractivity contribution in [1.82, 2.24) is 20.1 Å². The Bertz CT molecular complexity index is 892. The van der Waals surface area contributed by atoms with Gasteiger partial charge >= 0.3 is 0 Å². The first-order valence-electron chi connectivity index (χ1n) is 8.12. The number of nitrogens with one attached hydrogen (secondary N) is 1. The van der Waals surface area contributed by atoms with Gasteiger partial charge in [-0.25, -0.2) is 9.67 Å². The predicted octanol–water partition coefficient (Wildman–Crippen LogP) is 4.19. The summed E-state index contributed by atoms with van der Waals surface area (Å²) in [6.45, 7) is 10.1. The number of rotatable bonds is 4. The van der Waals surface area contributed by atoms with Crippen molar-refractivity contribution >= 4 is 28.3 Å². The van der Waals surface area contributed by atoms with Crippen LogP contribution >= 0.6 is 11.3 Å². The lowest BCUT2D eigenvalue weighted by atomic mass is 10.1. The van der Waals surface area contributed by atoms with E-state index >= 15 is 0 Å². The van der Waals surface area contributed by atoms with Gasteiger partial charge in [0.2, 0.25) is 0 Å². The van der Waals surface area contributed by atoms with Crippen LogP contribution < -0.4 is 5.32 Å². The van der Waals surface area contributed by atoms with Crippen LogP contribution in [0.1, 0.15) is 49.0 Å². The van der Waals surface area contributed by atoms with Crippen LogP contribution in [0.3, 0.4) is 0 Å². The van der Waals surface area contributed by atoms with E-state index < -0.39 is 0 Å². The maximum absolute atomic E-state index is 12.7. The Morgan fingerprint density at radius 1 is 1.25 bits per heavy atom. The number of nitrogens with zero attached hydrogens (tertiary/aromatic N) is 3. The second-order valence-corrected chi connectivity index (χ2v) is 7.80. The normalized spacial score (nSPS) is 11.6. The van der Waals surface area contributed by atoms with Crippen LogP contribution in [0, 0.1) is 6.92 Å². The van der Waals surface area contributed by atoms with Crippen molar-refractivity contribution in [2.24, 2.45) is 0 Å². The van der Waals surface area contributed by atoms with E-state index in [1.54, 1.807) is 17.5 Å². The number of aryl methyl sites for hydroxylation is 1. The van der Waals surface area contributed by atoms with Crippen LogP contribution in [0.15, 0.2) is 24.4 Å². The second kappa shape index (κ2) is 6.36. The van der Waals surface area contributed by atoms with Crippen LogP contribution in [0.25, 0.3) is 21.6 Å². The lowest BCUT2D eigenvalue weighted by Gasteiger charge is -2.12. The van der Waals surface area contributed by atoms with Gasteiger partial charge in [-0.2, -0.15) is 5.10 Å². The fraction of sp³-hybridized carbons (Fsp3) is 0.389. The number of carbonyl (C=O) groups is 1. The molecule has 1 amide bonds. The smallest absolute Gasteiger partial charge is 0.252 e. The number of pyridine rings is 1. The highest BCUT2D eigenvalue weighted by Crippen LogP contribution is 2.30. The van der Waals surface area contributed by atoms with Gasteiger partial charge in [0.25, 0.3) is 5.91 Å². The number of thiophene rings is 1. The molecule has 0 fully saturated rings. The molecule has 0 aromatic carbocycles. The molecule has 6 heteroatoms. The van der Waals surface area contributed by atoms with Gasteiger partial charge in [0.15, 0.2) is 5.65 Å². The quantitative estimate of drug-likeness (QED) is 0.773. The number of hydrogen-bond acceptors (Lipinski definition) is 4. The fourth-order valence-electron chi connectivity index (χ4n) is 2.62. The number of amides is 1. The minimum Gasteiger partial charge on any atom is -0.350 e. The minimum atomic E-state index is -0.0877. The molecule has 0 saturated carbocycles. The molecule has 5 nitrogen and oxygen atoms in total. The molecule has 0 aliphatic rings. The van der Waals surface area contributed by atoms with E-state index in [9.17, 15) is 4.79 Å². The third kappa shape index (κ3) is 3.06. The van der Waals surface area contributed by atoms with Crippen molar-refractivity contribution in [3.63, 3.8) is 0 Å². The highest BCUT2D eigenvalue weighted by atomic mass is 32.1. The third-order valence-corrected chi connectivity index (χ3v) is 4.74. The molecule has 0 saturated heterocycles. The van der Waals surface area contributed by atoms with E-state index in [1.165, 1.54) is 4.88 Å². The topological polar surface area (TPSA) is 59.8 Å². The summed E-state index contributed by atoms with van der Waals surface area (Å²) in [5.74, 6) is -0.0877. The first kappa shape index (κ1) is 16.6. The maximum atomic E-state index is 12.7. The zero-order valence-electron chi connectivity index (χ0n) is 14.6. The zero-order valence-corrected chi connectivity index (χ0v) is 15.4. The second-order valence-electron chi connectivity index (χ2n) is 6.51. The Morgan fingerprint density at radius 2 is 2.00 bits per heavy atom. The summed E-state index contributed by atoms with van der Waals surface area (Å²) in [5.41, 5.74) is 2.20. The van der Waals surface area contributed by atoms with Crippen LogP contribution in [0.2, 0.25) is 0 Å². The molecule has 0 bridgehead atoms. The standard InChI is InChI=1S/C18H22N4OS/c1-10(2)20-18(23)13-8-15(16-7-6-12(5)24-16)21-17-14(13)9-19-22(17)11(3)4/h6-11H,1-5H3,(H,20,23). The molecule has 3 aromatic heterocycles. The van der Waals surface area contributed by atoms with Crippen LogP contribution in [0.4, 0.5) is 0 Å². The molecule has 0 spiro atoms. The molecule has 126 valence electrons. The van der Waals surface area contributed by atoms with Crippen molar-refractivity contribution in [3.8, 4) is 10.6 Å². The monoisotopic (exact) mass is 342 g/mol. The summed E-state index contributed by atoms with van der Waals surface area (Å²) in [5, 5.41) is 8.20. The van der Waals surface area contributed by atoms with E-state index in [0.29, 0.717) is 5.56 Å². The summed E-state index contributed by atoms with van der Waals surface area (Å²) in [6, 6.07) is 6.25. The molecule has 0 aliphatic carbocycles. The first-order valence-corrected chi connectivity index (χ1v) is 8.94. The summed E-state index contributed by atoms with van der Waals surface area (Å²) < 4.78 is 1.87. The van der Waals surface area contributed by atoms with Crippen molar-refractivity contribution in [3.05, 3.63) is 34.8 Å². The number of fused-ring (bicyclic) bond motifs is 1. The first-order chi connectivity index (χ1) is 11.4. The lowest BCUT2D eigenvalue weighted by Crippen LogP contribution is -2.30. The average Bonchev–Trinajstić information content (AvgIpc) is 3.11. The van der Waals surface area contributed by atoms with Gasteiger partial charge < -0.3 is 5.32 Å². The van der Waals surface area contributed by atoms with Gasteiger partial charge in [0.1, 0.15) is 0 Å². The summed E-state index contributed by atoms with van der Waals surface area (Å²) >= 11 is 1.68. The molecule has 1 N–H and O–H groups in total. The summed E-state index contributed by atoms with van der Waals surface area (Å²) in [6.07, 6.45) is 1.74. The lowest BCUT2D eigenvalue weighted by molar-refractivity contribution is 0.0944. The zero-order chi connectivity index (χ0) is 17.4. The molecule has 0 aliphatic heterocycles. The van der Waals surface area contributed by atoms with Gasteiger partial charge in [-0.15, -0.1) is 11.3 Å². The molecule has 3 aromatic rings. The van der Waals surface area contributed by atoms with E-state index in [-0.39, 0.29) is 18.0 Å². The molecule has 0 unspecified atom stereocenters. The van der Waals surface area contributed by atoms with Crippen LogP contribution in [-0.4, -0.2) is 26.7 Å². The molecule has 3 rings (SSSR count). The van der Waals surface area contributed by atoms with Gasteiger partial charge in [-0.05, 0) is 52.8 Å². The molecule has 0 atom stereocenters. The molecule has 3 heterocycles. The number of carbonyl (C=O) groups excluding carboxylic acids is 1. The molecule has 0 radical (unpaired) electrons. The number of aromatic nitrogens is 3. The highest BCUT2D eigenvalue weighted by molar-refractivity contribution is 7.15. The minimum absolute atomic E-state index is 0.0771. The van der Waals surface area contributed by atoms with Gasteiger partial charge in [-0.1, -0.05) is 0 Å². The highest BCUT2D eigenvalue weighted by Gasteiger charge is 2.19. The molecular formula is C18H22N4OS. The number of hydrogen-bond donors (Lipinski definition) is 1. The van der Waals surface area contributed by atoms with E-state index in [4.69, 9.17) is 4.98 Å². The Balaban J connectivity index is 2.23. The average molecular weight is 342 g/mol. The van der Waals surface area contributed by atoms with Crippen LogP contribution in [-0.2, 0) is 0 Å². The predicted molar refractivity (Wildman–Crippen MR) is 98.6 cm³/mol. The maximum Gasteiger partial charge on any atom is 0.252 e. The Morgan fingerprint density at radius 3 is 2.58 bits per heavy atom. The SMILES string of the molecule is Cc1ccc(-c2cc(C(=O)NC(C)C)c3cnn(C(C)C)c3n2)s1. The van der Waals surface area contributed by atoms with E-state index in [1.807, 2.05) is 30.7 Å². The van der Waals surface area contributed by atoms with Crippen molar-refractivity contribution in [2.45, 2.75) is 46.7 Å². The molecule has 24 heavy (non-hydrogen) atoms. The van der Waals surface area contributed by atoms with Crippen molar-refractivity contribution in [2.75, 3.05) is 0 Å². The third-order valence-electron chi connectivity index (χ3n) is 3.71. The van der Waals surface area contributed by atoms with Crippen molar-refractivity contribution in [1.29, 1.82) is 0 Å². The Kier molecular flexibility index (Phi) is 4.41. The molecular weight excluding hydrogens is 320 g/mol. The van der Waals surface area contributed by atoms with Gasteiger partial charge in [0.05, 0.1) is 27.7 Å². The van der Waals surface area contributed by atoms with Crippen molar-refractivity contribution < 1.29 is 4.79 Å². The Labute approximate surface area is 145 Å². The largest absolute Gasteiger partial charge is 0.350 e. The van der Waals surface area contributed by atoms with E-state index in [2.05, 4.69) is 37.3 Å². The van der Waals surface area contributed by atoms with Crippen LogP contribution in [0.5, 0.6) is 0 Å². The summed E-state index contributed by atoms with van der Waals surface area (Å²) in [7, 11) is 0. The summed E-state index contributed by atoms with van der Waals surface area (Å²) in [4.78, 5) is 19.7.